The summed E-state index contributed by atoms with van der Waals surface area (Å²) in [4.78, 5) is 32.5. The Bertz CT molecular complexity index is 1940. The zero-order chi connectivity index (χ0) is 36.7. The van der Waals surface area contributed by atoms with E-state index in [2.05, 4.69) is 29.0 Å². The average molecular weight is 705 g/mol. The highest BCUT2D eigenvalue weighted by Gasteiger charge is 2.46. The number of methoxy groups -OCH3 is 2. The van der Waals surface area contributed by atoms with Crippen molar-refractivity contribution in [2.75, 3.05) is 45.8 Å². The van der Waals surface area contributed by atoms with Crippen molar-refractivity contribution in [2.45, 2.75) is 37.3 Å². The van der Waals surface area contributed by atoms with Gasteiger partial charge in [0.2, 0.25) is 0 Å². The molecule has 1 aromatic heterocycles. The summed E-state index contributed by atoms with van der Waals surface area (Å²) in [7, 11) is 3.24. The molecule has 5 aromatic rings. The molecule has 0 spiro atoms. The number of carbonyl (C=O) groups is 1. The summed E-state index contributed by atoms with van der Waals surface area (Å²) in [6.07, 6.45) is 0.731. The van der Waals surface area contributed by atoms with E-state index < -0.39 is 29.7 Å². The van der Waals surface area contributed by atoms with Crippen LogP contribution < -0.4 is 20.5 Å². The Balaban J connectivity index is 1.37. The van der Waals surface area contributed by atoms with Crippen LogP contribution in [0.15, 0.2) is 126 Å². The minimum Gasteiger partial charge on any atom is -0.497 e. The molecule has 4 aromatic carbocycles. The summed E-state index contributed by atoms with van der Waals surface area (Å²) in [6.45, 7) is 4.35. The second-order valence-corrected chi connectivity index (χ2v) is 13.1. The largest absolute Gasteiger partial charge is 0.497 e. The first kappa shape index (κ1) is 36.5. The number of carbonyl (C=O) groups excluding carboxylic acids is 1. The number of nitrogens with one attached hydrogen (secondary N) is 1. The summed E-state index contributed by atoms with van der Waals surface area (Å²) in [5.74, 6) is 1.14. The highest BCUT2D eigenvalue weighted by atomic mass is 16.6. The highest BCUT2D eigenvalue weighted by molar-refractivity contribution is 6.03. The number of aliphatic hydroxyl groups is 1. The number of rotatable bonds is 13. The molecule has 270 valence electrons. The molecule has 1 aliphatic rings. The molecule has 11 heteroatoms. The van der Waals surface area contributed by atoms with E-state index >= 15 is 0 Å². The van der Waals surface area contributed by atoms with E-state index in [1.165, 1.54) is 4.57 Å². The molecular formula is C41H44N4O7. The Morgan fingerprint density at radius 3 is 1.96 bits per heavy atom. The van der Waals surface area contributed by atoms with E-state index in [1.807, 2.05) is 84.9 Å². The van der Waals surface area contributed by atoms with E-state index in [0.29, 0.717) is 30.2 Å². The maximum atomic E-state index is 13.5. The van der Waals surface area contributed by atoms with Crippen molar-refractivity contribution in [3.8, 4) is 11.5 Å². The predicted molar refractivity (Wildman–Crippen MR) is 198 cm³/mol. The fourth-order valence-corrected chi connectivity index (χ4v) is 6.54. The van der Waals surface area contributed by atoms with Gasteiger partial charge in [0, 0.05) is 30.9 Å². The number of ether oxygens (including phenoxy) is 4. The van der Waals surface area contributed by atoms with Crippen molar-refractivity contribution in [1.29, 1.82) is 0 Å². The number of aliphatic hydroxyl groups excluding tert-OH is 1. The van der Waals surface area contributed by atoms with Gasteiger partial charge in [-0.15, -0.1) is 0 Å². The smallest absolute Gasteiger partial charge is 0.351 e. The molecule has 1 amide bonds. The Morgan fingerprint density at radius 1 is 0.885 bits per heavy atom. The van der Waals surface area contributed by atoms with Gasteiger partial charge in [-0.1, -0.05) is 72.8 Å². The van der Waals surface area contributed by atoms with Gasteiger partial charge in [-0.3, -0.25) is 14.3 Å². The second-order valence-electron chi connectivity index (χ2n) is 13.1. The quantitative estimate of drug-likeness (QED) is 0.153. The van der Waals surface area contributed by atoms with Crippen LogP contribution in [-0.2, 0) is 15.1 Å². The number of anilines is 1. The van der Waals surface area contributed by atoms with Gasteiger partial charge >= 0.3 is 5.69 Å². The number of amides is 1. The lowest BCUT2D eigenvalue weighted by molar-refractivity contribution is -0.233. The van der Waals surface area contributed by atoms with Gasteiger partial charge in [-0.25, -0.2) is 4.79 Å². The molecule has 1 saturated heterocycles. The first-order chi connectivity index (χ1) is 25.2. The van der Waals surface area contributed by atoms with Crippen LogP contribution in [0.3, 0.4) is 0 Å². The van der Waals surface area contributed by atoms with E-state index in [0.717, 1.165) is 16.7 Å². The summed E-state index contributed by atoms with van der Waals surface area (Å²) in [6, 6.07) is 35.6. The Labute approximate surface area is 303 Å². The number of hydrogen-bond acceptors (Lipinski definition) is 9. The van der Waals surface area contributed by atoms with E-state index in [4.69, 9.17) is 18.9 Å². The van der Waals surface area contributed by atoms with Gasteiger partial charge in [0.15, 0.2) is 6.23 Å². The number of nitrogens with zero attached hydrogens (tertiary/aromatic N) is 3. The van der Waals surface area contributed by atoms with E-state index in [9.17, 15) is 14.7 Å². The SMILES string of the molecule is COc1ccc(C(OC[C@]2(CO)CN(C(C)C)C[C@H](n3ccc(NC(=O)c4ccccc4)nc3=O)O2)(c2ccccc2)c2ccc(OC)cc2)cc1. The topological polar surface area (TPSA) is 124 Å². The zero-order valence-electron chi connectivity index (χ0n) is 29.8. The van der Waals surface area contributed by atoms with Crippen LogP contribution in [0.4, 0.5) is 5.82 Å². The lowest BCUT2D eigenvalue weighted by atomic mass is 9.79. The van der Waals surface area contributed by atoms with Crippen LogP contribution in [0.5, 0.6) is 11.5 Å². The third-order valence-corrected chi connectivity index (χ3v) is 9.43. The van der Waals surface area contributed by atoms with E-state index in [1.54, 1.807) is 50.7 Å². The molecule has 0 unspecified atom stereocenters. The van der Waals surface area contributed by atoms with E-state index in [-0.39, 0.29) is 24.4 Å². The molecule has 11 nitrogen and oxygen atoms in total. The summed E-state index contributed by atoms with van der Waals surface area (Å²) < 4.78 is 26.2. The average Bonchev–Trinajstić information content (AvgIpc) is 3.19. The molecule has 0 bridgehead atoms. The first-order valence-electron chi connectivity index (χ1n) is 17.2. The predicted octanol–water partition coefficient (Wildman–Crippen LogP) is 5.49. The lowest BCUT2D eigenvalue weighted by Crippen LogP contribution is -2.61. The van der Waals surface area contributed by atoms with Crippen molar-refractivity contribution in [2.24, 2.45) is 0 Å². The molecule has 1 fully saturated rings. The zero-order valence-corrected chi connectivity index (χ0v) is 29.8. The van der Waals surface area contributed by atoms with Crippen LogP contribution in [0, 0.1) is 0 Å². The minimum atomic E-state index is -1.26. The van der Waals surface area contributed by atoms with Gasteiger partial charge in [0.25, 0.3) is 5.91 Å². The number of morpholine rings is 1. The van der Waals surface area contributed by atoms with Gasteiger partial charge in [0.05, 0.1) is 27.4 Å². The fourth-order valence-electron chi connectivity index (χ4n) is 6.54. The van der Waals surface area contributed by atoms with Crippen molar-refractivity contribution in [1.82, 2.24) is 14.5 Å². The Morgan fingerprint density at radius 2 is 1.44 bits per heavy atom. The molecule has 2 N–H and O–H groups in total. The second kappa shape index (κ2) is 15.9. The number of hydrogen-bond donors (Lipinski definition) is 2. The molecular weight excluding hydrogens is 660 g/mol. The van der Waals surface area contributed by atoms with Gasteiger partial charge < -0.3 is 29.4 Å². The van der Waals surface area contributed by atoms with Crippen molar-refractivity contribution >= 4 is 11.7 Å². The molecule has 0 radical (unpaired) electrons. The van der Waals surface area contributed by atoms with Crippen molar-refractivity contribution in [3.63, 3.8) is 0 Å². The number of aromatic nitrogens is 2. The van der Waals surface area contributed by atoms with Crippen molar-refractivity contribution < 1.29 is 28.8 Å². The molecule has 0 aliphatic carbocycles. The summed E-state index contributed by atoms with van der Waals surface area (Å²) in [5, 5.41) is 13.8. The third-order valence-electron chi connectivity index (χ3n) is 9.43. The maximum absolute atomic E-state index is 13.5. The third kappa shape index (κ3) is 7.63. The standard InChI is InChI=1S/C41H44N4O7/c1-29(2)44-25-37(45-24-23-36(43-39(45)48)42-38(47)30-11-7-5-8-12-30)52-40(26-44,27-46)28-51-41(31-13-9-6-10-14-31,32-15-19-34(49-3)20-16-32)33-17-21-35(50-4)22-18-33/h5-24,29,37,46H,25-28H2,1-4H3,(H,42,43,47,48)/t37-,40-/m1/s1. The monoisotopic (exact) mass is 704 g/mol. The minimum absolute atomic E-state index is 0.0486. The highest BCUT2D eigenvalue weighted by Crippen LogP contribution is 2.43. The van der Waals surface area contributed by atoms with Crippen LogP contribution >= 0.6 is 0 Å². The Hall–Kier alpha value is -5.33. The summed E-state index contributed by atoms with van der Waals surface area (Å²) in [5.41, 5.74) is -0.0487. The Kier molecular flexibility index (Phi) is 11.2. The van der Waals surface area contributed by atoms with Crippen LogP contribution in [0.25, 0.3) is 0 Å². The van der Waals surface area contributed by atoms with Crippen molar-refractivity contribution in [3.05, 3.63) is 154 Å². The van der Waals surface area contributed by atoms with Crippen LogP contribution in [0.2, 0.25) is 0 Å². The normalized spacial score (nSPS) is 17.8. The summed E-state index contributed by atoms with van der Waals surface area (Å²) >= 11 is 0. The van der Waals surface area contributed by atoms with Gasteiger partial charge in [0.1, 0.15) is 28.5 Å². The first-order valence-corrected chi connectivity index (χ1v) is 17.2. The molecule has 6 rings (SSSR count). The fraction of sp³-hybridized carbons (Fsp3) is 0.293. The molecule has 0 saturated carbocycles. The molecule has 2 atom stereocenters. The van der Waals surface area contributed by atoms with Crippen LogP contribution in [-0.4, -0.2) is 77.6 Å². The molecule has 2 heterocycles. The number of benzene rings is 4. The van der Waals surface area contributed by atoms with Gasteiger partial charge in [-0.05, 0) is 73.0 Å². The maximum Gasteiger partial charge on any atom is 0.351 e. The lowest BCUT2D eigenvalue weighted by Gasteiger charge is -2.48. The van der Waals surface area contributed by atoms with Crippen LogP contribution in [0.1, 0.15) is 47.1 Å². The molecule has 52 heavy (non-hydrogen) atoms. The molecule has 1 aliphatic heterocycles. The van der Waals surface area contributed by atoms with Gasteiger partial charge in [-0.2, -0.15) is 4.98 Å².